The van der Waals surface area contributed by atoms with Crippen molar-refractivity contribution in [3.8, 4) is 0 Å². The zero-order chi connectivity index (χ0) is 15.2. The fraction of sp³-hybridized carbons (Fsp3) is 0.353. The van der Waals surface area contributed by atoms with Gasteiger partial charge >= 0.3 is 0 Å². The number of aryl methyl sites for hydroxylation is 1. The van der Waals surface area contributed by atoms with Crippen molar-refractivity contribution in [1.29, 1.82) is 0 Å². The Bertz CT molecular complexity index is 562. The van der Waals surface area contributed by atoms with Gasteiger partial charge in [-0.25, -0.2) is 8.78 Å². The molecule has 2 nitrogen and oxygen atoms in total. The van der Waals surface area contributed by atoms with Gasteiger partial charge in [0.15, 0.2) is 0 Å². The van der Waals surface area contributed by atoms with Crippen molar-refractivity contribution >= 4 is 0 Å². The van der Waals surface area contributed by atoms with Gasteiger partial charge in [-0.1, -0.05) is 19.1 Å². The normalized spacial score (nSPS) is 12.4. The van der Waals surface area contributed by atoms with Crippen LogP contribution in [0.4, 0.5) is 8.78 Å². The number of benzene rings is 1. The van der Waals surface area contributed by atoms with Gasteiger partial charge in [-0.2, -0.15) is 0 Å². The summed E-state index contributed by atoms with van der Waals surface area (Å²) in [5.74, 6) is -1.00. The van der Waals surface area contributed by atoms with E-state index in [0.29, 0.717) is 0 Å². The van der Waals surface area contributed by atoms with Crippen molar-refractivity contribution < 1.29 is 8.78 Å². The van der Waals surface area contributed by atoms with Gasteiger partial charge in [0.2, 0.25) is 0 Å². The maximum absolute atomic E-state index is 13.8. The lowest BCUT2D eigenvalue weighted by molar-refractivity contribution is 0.489. The van der Waals surface area contributed by atoms with Crippen LogP contribution in [0, 0.1) is 18.6 Å². The molecule has 0 saturated carbocycles. The van der Waals surface area contributed by atoms with E-state index in [-0.39, 0.29) is 18.0 Å². The second-order valence-electron chi connectivity index (χ2n) is 5.14. The monoisotopic (exact) mass is 290 g/mol. The van der Waals surface area contributed by atoms with Gasteiger partial charge in [-0.15, -0.1) is 0 Å². The molecule has 0 radical (unpaired) electrons. The van der Waals surface area contributed by atoms with Crippen LogP contribution in [0.3, 0.4) is 0 Å². The summed E-state index contributed by atoms with van der Waals surface area (Å²) in [6.45, 7) is 4.75. The first kappa shape index (κ1) is 15.6. The zero-order valence-electron chi connectivity index (χ0n) is 12.4. The van der Waals surface area contributed by atoms with Crippen molar-refractivity contribution in [1.82, 2.24) is 10.3 Å². The standard InChI is InChI=1S/C17H20F2N2/c1-3-9-20-17(13-8-7-12(2)21-11-13)10-14-15(18)5-4-6-16(14)19/h4-8,11,17,20H,3,9-10H2,1-2H3. The van der Waals surface area contributed by atoms with E-state index >= 15 is 0 Å². The summed E-state index contributed by atoms with van der Waals surface area (Å²) in [6.07, 6.45) is 2.99. The van der Waals surface area contributed by atoms with Crippen LogP contribution in [0.5, 0.6) is 0 Å². The van der Waals surface area contributed by atoms with Crippen molar-refractivity contribution in [2.24, 2.45) is 0 Å². The van der Waals surface area contributed by atoms with Crippen LogP contribution in [0.15, 0.2) is 36.5 Å². The fourth-order valence-corrected chi connectivity index (χ4v) is 2.24. The maximum Gasteiger partial charge on any atom is 0.129 e. The molecule has 0 fully saturated rings. The molecule has 0 aliphatic carbocycles. The second kappa shape index (κ2) is 7.27. The summed E-state index contributed by atoms with van der Waals surface area (Å²) < 4.78 is 27.7. The van der Waals surface area contributed by atoms with E-state index in [1.165, 1.54) is 18.2 Å². The summed E-state index contributed by atoms with van der Waals surface area (Å²) in [5.41, 5.74) is 1.98. The molecular weight excluding hydrogens is 270 g/mol. The molecule has 2 aromatic rings. The SMILES string of the molecule is CCCNC(Cc1c(F)cccc1F)c1ccc(C)nc1. The van der Waals surface area contributed by atoms with Gasteiger partial charge in [0, 0.05) is 23.5 Å². The van der Waals surface area contributed by atoms with E-state index in [2.05, 4.69) is 17.2 Å². The molecule has 0 bridgehead atoms. The minimum Gasteiger partial charge on any atom is -0.310 e. The van der Waals surface area contributed by atoms with Crippen molar-refractivity contribution in [3.05, 3.63) is 65.0 Å². The third kappa shape index (κ3) is 4.08. The Morgan fingerprint density at radius 3 is 2.43 bits per heavy atom. The lowest BCUT2D eigenvalue weighted by Gasteiger charge is -2.19. The minimum absolute atomic E-state index is 0.117. The average molecular weight is 290 g/mol. The van der Waals surface area contributed by atoms with E-state index in [1.54, 1.807) is 6.20 Å². The molecule has 1 aromatic heterocycles. The maximum atomic E-state index is 13.8. The number of hydrogen-bond donors (Lipinski definition) is 1. The minimum atomic E-state index is -0.502. The van der Waals surface area contributed by atoms with Crippen molar-refractivity contribution in [2.45, 2.75) is 32.7 Å². The number of hydrogen-bond acceptors (Lipinski definition) is 2. The van der Waals surface area contributed by atoms with Crippen LogP contribution < -0.4 is 5.32 Å². The molecule has 112 valence electrons. The van der Waals surface area contributed by atoms with Crippen LogP contribution in [0.25, 0.3) is 0 Å². The van der Waals surface area contributed by atoms with Crippen LogP contribution in [0.1, 0.15) is 36.2 Å². The van der Waals surface area contributed by atoms with Crippen LogP contribution >= 0.6 is 0 Å². The lowest BCUT2D eigenvalue weighted by Crippen LogP contribution is -2.25. The largest absolute Gasteiger partial charge is 0.310 e. The highest BCUT2D eigenvalue weighted by molar-refractivity contribution is 5.25. The Kier molecular flexibility index (Phi) is 5.39. The topological polar surface area (TPSA) is 24.9 Å². The molecule has 0 aliphatic heterocycles. The third-order valence-electron chi connectivity index (χ3n) is 3.45. The molecule has 0 spiro atoms. The highest BCUT2D eigenvalue weighted by atomic mass is 19.1. The van der Waals surface area contributed by atoms with Crippen LogP contribution in [-0.2, 0) is 6.42 Å². The number of pyridine rings is 1. The Hall–Kier alpha value is -1.81. The second-order valence-corrected chi connectivity index (χ2v) is 5.14. The molecule has 2 rings (SSSR count). The molecule has 1 N–H and O–H groups in total. The molecule has 1 atom stereocenters. The Morgan fingerprint density at radius 2 is 1.86 bits per heavy atom. The molecule has 4 heteroatoms. The van der Waals surface area contributed by atoms with Crippen molar-refractivity contribution in [2.75, 3.05) is 6.54 Å². The number of nitrogens with zero attached hydrogens (tertiary/aromatic N) is 1. The Morgan fingerprint density at radius 1 is 1.14 bits per heavy atom. The van der Waals surface area contributed by atoms with E-state index < -0.39 is 11.6 Å². The molecule has 1 heterocycles. The molecule has 21 heavy (non-hydrogen) atoms. The summed E-state index contributed by atoms with van der Waals surface area (Å²) in [6, 6.07) is 7.69. The van der Waals surface area contributed by atoms with Crippen molar-refractivity contribution in [3.63, 3.8) is 0 Å². The summed E-state index contributed by atoms with van der Waals surface area (Å²) in [7, 11) is 0. The Labute approximate surface area is 124 Å². The van der Waals surface area contributed by atoms with E-state index in [9.17, 15) is 8.78 Å². The first-order valence-electron chi connectivity index (χ1n) is 7.20. The molecule has 0 aliphatic rings. The fourth-order valence-electron chi connectivity index (χ4n) is 2.24. The lowest BCUT2D eigenvalue weighted by atomic mass is 9.99. The summed E-state index contributed by atoms with van der Waals surface area (Å²) >= 11 is 0. The number of rotatable bonds is 6. The molecule has 1 aromatic carbocycles. The molecule has 0 saturated heterocycles. The van der Waals surface area contributed by atoms with Crippen LogP contribution in [-0.4, -0.2) is 11.5 Å². The number of halogens is 2. The Balaban J connectivity index is 2.26. The quantitative estimate of drug-likeness (QED) is 0.871. The number of aromatic nitrogens is 1. The van der Waals surface area contributed by atoms with Gasteiger partial charge in [-0.3, -0.25) is 4.98 Å². The molecule has 1 unspecified atom stereocenters. The van der Waals surface area contributed by atoms with E-state index in [1.807, 2.05) is 19.1 Å². The first-order chi connectivity index (χ1) is 10.1. The highest BCUT2D eigenvalue weighted by Gasteiger charge is 2.17. The smallest absolute Gasteiger partial charge is 0.129 e. The highest BCUT2D eigenvalue weighted by Crippen LogP contribution is 2.22. The third-order valence-corrected chi connectivity index (χ3v) is 3.45. The molecular formula is C17H20F2N2. The van der Waals surface area contributed by atoms with Gasteiger partial charge in [0.1, 0.15) is 11.6 Å². The number of nitrogens with one attached hydrogen (secondary N) is 1. The van der Waals surface area contributed by atoms with Gasteiger partial charge < -0.3 is 5.32 Å². The predicted octanol–water partition coefficient (Wildman–Crippen LogP) is 3.95. The summed E-state index contributed by atoms with van der Waals surface area (Å²) in [5, 5.41) is 3.33. The van der Waals surface area contributed by atoms with Gasteiger partial charge in [0.05, 0.1) is 0 Å². The van der Waals surface area contributed by atoms with Gasteiger partial charge in [-0.05, 0) is 50.1 Å². The van der Waals surface area contributed by atoms with E-state index in [0.717, 1.165) is 24.2 Å². The first-order valence-corrected chi connectivity index (χ1v) is 7.20. The van der Waals surface area contributed by atoms with E-state index in [4.69, 9.17) is 0 Å². The average Bonchev–Trinajstić information content (AvgIpc) is 2.47. The van der Waals surface area contributed by atoms with Gasteiger partial charge in [0.25, 0.3) is 0 Å². The molecule has 0 amide bonds. The summed E-state index contributed by atoms with van der Waals surface area (Å²) in [4.78, 5) is 4.27. The van der Waals surface area contributed by atoms with Crippen LogP contribution in [0.2, 0.25) is 0 Å². The zero-order valence-corrected chi connectivity index (χ0v) is 12.4. The predicted molar refractivity (Wildman–Crippen MR) is 80.1 cm³/mol.